The van der Waals surface area contributed by atoms with Crippen molar-refractivity contribution in [1.29, 1.82) is 0 Å². The third kappa shape index (κ3) is 3.02. The SMILES string of the molecule is CC1CC(N2CCCC(C)(C)CC2)C(O)c2ccccc21. The molecule has 21 heavy (non-hydrogen) atoms. The topological polar surface area (TPSA) is 23.5 Å². The quantitative estimate of drug-likeness (QED) is 0.840. The summed E-state index contributed by atoms with van der Waals surface area (Å²) in [7, 11) is 0. The summed E-state index contributed by atoms with van der Waals surface area (Å²) in [5.74, 6) is 0.547. The number of aliphatic hydroxyl groups excluding tert-OH is 1. The van der Waals surface area contributed by atoms with E-state index in [1.165, 1.54) is 24.8 Å². The molecule has 1 N–H and O–H groups in total. The molecule has 0 spiro atoms. The van der Waals surface area contributed by atoms with E-state index in [1.54, 1.807) is 0 Å². The first-order valence-electron chi connectivity index (χ1n) is 8.49. The van der Waals surface area contributed by atoms with Crippen LogP contribution in [0, 0.1) is 5.41 Å². The van der Waals surface area contributed by atoms with Gasteiger partial charge >= 0.3 is 0 Å². The summed E-state index contributed by atoms with van der Waals surface area (Å²) in [5, 5.41) is 10.9. The van der Waals surface area contributed by atoms with Gasteiger partial charge in [-0.15, -0.1) is 0 Å². The second-order valence-electron chi connectivity index (χ2n) is 7.83. The van der Waals surface area contributed by atoms with Crippen LogP contribution in [0.3, 0.4) is 0 Å². The summed E-state index contributed by atoms with van der Waals surface area (Å²) in [6.07, 6.45) is 4.56. The molecule has 0 saturated carbocycles. The van der Waals surface area contributed by atoms with Crippen LogP contribution in [-0.2, 0) is 0 Å². The maximum Gasteiger partial charge on any atom is 0.0948 e. The largest absolute Gasteiger partial charge is 0.387 e. The zero-order chi connectivity index (χ0) is 15.0. The number of benzene rings is 1. The maximum absolute atomic E-state index is 10.9. The molecule has 0 radical (unpaired) electrons. The molecule has 0 bridgehead atoms. The van der Waals surface area contributed by atoms with Crippen LogP contribution in [0.2, 0.25) is 0 Å². The Morgan fingerprint density at radius 2 is 1.81 bits per heavy atom. The normalized spacial score (nSPS) is 33.2. The van der Waals surface area contributed by atoms with E-state index in [0.29, 0.717) is 17.4 Å². The van der Waals surface area contributed by atoms with Gasteiger partial charge in [-0.05, 0) is 61.2 Å². The molecule has 116 valence electrons. The van der Waals surface area contributed by atoms with Crippen molar-refractivity contribution in [2.45, 2.75) is 64.5 Å². The van der Waals surface area contributed by atoms with Gasteiger partial charge in [0.2, 0.25) is 0 Å². The molecule has 1 heterocycles. The molecule has 2 nitrogen and oxygen atoms in total. The number of hydrogen-bond acceptors (Lipinski definition) is 2. The minimum Gasteiger partial charge on any atom is -0.387 e. The molecule has 3 atom stereocenters. The lowest BCUT2D eigenvalue weighted by Crippen LogP contribution is -2.43. The molecule has 2 heteroatoms. The molecular weight excluding hydrogens is 258 g/mol. The number of nitrogens with zero attached hydrogens (tertiary/aromatic N) is 1. The highest BCUT2D eigenvalue weighted by Gasteiger charge is 2.36. The summed E-state index contributed by atoms with van der Waals surface area (Å²) in [4.78, 5) is 2.56. The van der Waals surface area contributed by atoms with Crippen LogP contribution in [0.5, 0.6) is 0 Å². The predicted octanol–water partition coefficient (Wildman–Crippen LogP) is 4.11. The van der Waals surface area contributed by atoms with Crippen molar-refractivity contribution in [3.63, 3.8) is 0 Å². The Hall–Kier alpha value is -0.860. The fourth-order valence-electron chi connectivity index (χ4n) is 4.18. The Morgan fingerprint density at radius 3 is 2.57 bits per heavy atom. The molecule has 3 unspecified atom stereocenters. The summed E-state index contributed by atoms with van der Waals surface area (Å²) in [5.41, 5.74) is 2.96. The number of rotatable bonds is 1. The van der Waals surface area contributed by atoms with Gasteiger partial charge in [0.25, 0.3) is 0 Å². The minimum atomic E-state index is -0.321. The highest BCUT2D eigenvalue weighted by atomic mass is 16.3. The highest BCUT2D eigenvalue weighted by molar-refractivity contribution is 5.35. The molecule has 0 amide bonds. The number of hydrogen-bond donors (Lipinski definition) is 1. The van der Waals surface area contributed by atoms with E-state index < -0.39 is 0 Å². The Morgan fingerprint density at radius 1 is 1.10 bits per heavy atom. The summed E-state index contributed by atoms with van der Waals surface area (Å²) in [6, 6.07) is 8.75. The predicted molar refractivity (Wildman–Crippen MR) is 87.4 cm³/mol. The van der Waals surface area contributed by atoms with Crippen molar-refractivity contribution in [3.05, 3.63) is 35.4 Å². The fourth-order valence-corrected chi connectivity index (χ4v) is 4.18. The molecule has 1 fully saturated rings. The maximum atomic E-state index is 10.9. The van der Waals surface area contributed by atoms with E-state index in [0.717, 1.165) is 25.1 Å². The first-order chi connectivity index (χ1) is 9.98. The van der Waals surface area contributed by atoms with Crippen molar-refractivity contribution in [2.24, 2.45) is 5.41 Å². The van der Waals surface area contributed by atoms with E-state index in [1.807, 2.05) is 0 Å². The van der Waals surface area contributed by atoms with Crippen molar-refractivity contribution in [3.8, 4) is 0 Å². The lowest BCUT2D eigenvalue weighted by Gasteiger charge is -2.41. The Balaban J connectivity index is 1.81. The molecule has 3 rings (SSSR count). The third-order valence-electron chi connectivity index (χ3n) is 5.65. The Labute approximate surface area is 129 Å². The van der Waals surface area contributed by atoms with E-state index >= 15 is 0 Å². The molecule has 0 aromatic heterocycles. The van der Waals surface area contributed by atoms with E-state index in [-0.39, 0.29) is 6.10 Å². The van der Waals surface area contributed by atoms with Crippen molar-refractivity contribution in [1.82, 2.24) is 4.90 Å². The molecule has 1 aromatic rings. The summed E-state index contributed by atoms with van der Waals surface area (Å²) in [6.45, 7) is 9.33. The lowest BCUT2D eigenvalue weighted by molar-refractivity contribution is 0.0314. The van der Waals surface area contributed by atoms with Crippen LogP contribution in [0.1, 0.15) is 69.6 Å². The molecule has 1 saturated heterocycles. The van der Waals surface area contributed by atoms with Crippen LogP contribution in [0.4, 0.5) is 0 Å². The molecule has 1 aromatic carbocycles. The molecular formula is C19H29NO. The van der Waals surface area contributed by atoms with Gasteiger partial charge in [-0.1, -0.05) is 45.0 Å². The van der Waals surface area contributed by atoms with Crippen LogP contribution in [0.15, 0.2) is 24.3 Å². The second kappa shape index (κ2) is 5.73. The van der Waals surface area contributed by atoms with Crippen molar-refractivity contribution in [2.75, 3.05) is 13.1 Å². The van der Waals surface area contributed by atoms with Crippen LogP contribution < -0.4 is 0 Å². The van der Waals surface area contributed by atoms with Crippen LogP contribution in [-0.4, -0.2) is 29.1 Å². The monoisotopic (exact) mass is 287 g/mol. The van der Waals surface area contributed by atoms with E-state index in [9.17, 15) is 5.11 Å². The van der Waals surface area contributed by atoms with Gasteiger partial charge in [0, 0.05) is 6.04 Å². The average Bonchev–Trinajstić information content (AvgIpc) is 2.64. The van der Waals surface area contributed by atoms with Gasteiger partial charge in [0.1, 0.15) is 0 Å². The number of likely N-dealkylation sites (tertiary alicyclic amines) is 1. The van der Waals surface area contributed by atoms with Crippen LogP contribution in [0.25, 0.3) is 0 Å². The second-order valence-corrected chi connectivity index (χ2v) is 7.83. The number of aliphatic hydroxyl groups is 1. The Kier molecular flexibility index (Phi) is 4.11. The standard InChI is InChI=1S/C19H29NO/c1-14-13-17(18(21)16-8-5-4-7-15(14)16)20-11-6-9-19(2,3)10-12-20/h4-5,7-8,14,17-18,21H,6,9-13H2,1-3H3. The van der Waals surface area contributed by atoms with Gasteiger partial charge in [-0.25, -0.2) is 0 Å². The fraction of sp³-hybridized carbons (Fsp3) is 0.684. The first-order valence-corrected chi connectivity index (χ1v) is 8.49. The zero-order valence-corrected chi connectivity index (χ0v) is 13.7. The smallest absolute Gasteiger partial charge is 0.0948 e. The minimum absolute atomic E-state index is 0.295. The Bertz CT molecular complexity index is 496. The van der Waals surface area contributed by atoms with Crippen molar-refractivity contribution < 1.29 is 5.11 Å². The van der Waals surface area contributed by atoms with Gasteiger partial charge in [-0.3, -0.25) is 4.90 Å². The van der Waals surface area contributed by atoms with E-state index in [2.05, 4.69) is 49.9 Å². The van der Waals surface area contributed by atoms with Crippen molar-refractivity contribution >= 4 is 0 Å². The molecule has 1 aliphatic heterocycles. The number of fused-ring (bicyclic) bond motifs is 1. The average molecular weight is 287 g/mol. The van der Waals surface area contributed by atoms with Crippen LogP contribution >= 0.6 is 0 Å². The highest BCUT2D eigenvalue weighted by Crippen LogP contribution is 2.41. The zero-order valence-electron chi connectivity index (χ0n) is 13.7. The third-order valence-corrected chi connectivity index (χ3v) is 5.65. The van der Waals surface area contributed by atoms with E-state index in [4.69, 9.17) is 0 Å². The first kappa shape index (κ1) is 15.1. The molecule has 1 aliphatic carbocycles. The van der Waals surface area contributed by atoms with Gasteiger partial charge in [0.05, 0.1) is 6.10 Å². The summed E-state index contributed by atoms with van der Waals surface area (Å²) >= 11 is 0. The van der Waals surface area contributed by atoms with Gasteiger partial charge in [0.15, 0.2) is 0 Å². The summed E-state index contributed by atoms with van der Waals surface area (Å²) < 4.78 is 0. The van der Waals surface area contributed by atoms with Gasteiger partial charge in [-0.2, -0.15) is 0 Å². The molecule has 2 aliphatic rings. The van der Waals surface area contributed by atoms with Gasteiger partial charge < -0.3 is 5.11 Å². The lowest BCUT2D eigenvalue weighted by atomic mass is 9.78.